The summed E-state index contributed by atoms with van der Waals surface area (Å²) in [5.41, 5.74) is 2.52. The first-order chi connectivity index (χ1) is 9.65. The summed E-state index contributed by atoms with van der Waals surface area (Å²) < 4.78 is 0. The van der Waals surface area contributed by atoms with Crippen molar-refractivity contribution < 1.29 is 0 Å². The van der Waals surface area contributed by atoms with Crippen LogP contribution in [0.15, 0.2) is 18.2 Å². The van der Waals surface area contributed by atoms with E-state index < -0.39 is 0 Å². The van der Waals surface area contributed by atoms with Crippen molar-refractivity contribution in [1.82, 2.24) is 5.32 Å². The van der Waals surface area contributed by atoms with E-state index in [1.165, 1.54) is 36.9 Å². The number of halogens is 1. The SMILES string of the molecule is CC(C)C1CCCN1c1ccc(CNC2CC2)cc1Cl. The summed E-state index contributed by atoms with van der Waals surface area (Å²) in [4.78, 5) is 2.51. The normalized spacial score (nSPS) is 22.8. The van der Waals surface area contributed by atoms with E-state index in [1.54, 1.807) is 0 Å². The maximum Gasteiger partial charge on any atom is 0.0642 e. The number of hydrogen-bond acceptors (Lipinski definition) is 2. The molecular formula is C17H25ClN2. The standard InChI is InChI=1S/C17H25ClN2/c1-12(2)16-4-3-9-20(16)17-8-5-13(10-15(17)18)11-19-14-6-7-14/h5,8,10,12,14,16,19H,3-4,6-7,9,11H2,1-2H3. The van der Waals surface area contributed by atoms with Gasteiger partial charge in [-0.25, -0.2) is 0 Å². The zero-order valence-corrected chi connectivity index (χ0v) is 13.3. The minimum absolute atomic E-state index is 0.642. The van der Waals surface area contributed by atoms with Crippen LogP contribution in [0.2, 0.25) is 5.02 Å². The predicted octanol–water partition coefficient (Wildman–Crippen LogP) is 4.22. The molecule has 0 amide bonds. The zero-order chi connectivity index (χ0) is 14.1. The second kappa shape index (κ2) is 5.95. The summed E-state index contributed by atoms with van der Waals surface area (Å²) in [5, 5.41) is 4.45. The molecule has 1 aromatic carbocycles. The predicted molar refractivity (Wildman–Crippen MR) is 86.5 cm³/mol. The summed E-state index contributed by atoms with van der Waals surface area (Å²) >= 11 is 6.54. The van der Waals surface area contributed by atoms with E-state index in [4.69, 9.17) is 11.6 Å². The fourth-order valence-corrected chi connectivity index (χ4v) is 3.54. The van der Waals surface area contributed by atoms with Crippen LogP contribution in [0, 0.1) is 5.92 Å². The number of benzene rings is 1. The Balaban J connectivity index is 1.72. The molecule has 20 heavy (non-hydrogen) atoms. The van der Waals surface area contributed by atoms with E-state index in [1.807, 2.05) is 0 Å². The topological polar surface area (TPSA) is 15.3 Å². The molecule has 2 aliphatic rings. The minimum Gasteiger partial charge on any atom is -0.367 e. The van der Waals surface area contributed by atoms with Crippen LogP contribution in [-0.4, -0.2) is 18.6 Å². The molecule has 1 heterocycles. The fraction of sp³-hybridized carbons (Fsp3) is 0.647. The molecule has 1 atom stereocenters. The first-order valence-electron chi connectivity index (χ1n) is 7.93. The largest absolute Gasteiger partial charge is 0.367 e. The maximum atomic E-state index is 6.54. The van der Waals surface area contributed by atoms with Gasteiger partial charge >= 0.3 is 0 Å². The van der Waals surface area contributed by atoms with Crippen LogP contribution >= 0.6 is 11.6 Å². The minimum atomic E-state index is 0.642. The van der Waals surface area contributed by atoms with E-state index in [0.717, 1.165) is 24.2 Å². The van der Waals surface area contributed by atoms with Gasteiger partial charge in [0.05, 0.1) is 10.7 Å². The summed E-state index contributed by atoms with van der Waals surface area (Å²) in [6, 6.07) is 7.97. The van der Waals surface area contributed by atoms with Gasteiger partial charge in [-0.2, -0.15) is 0 Å². The van der Waals surface area contributed by atoms with Gasteiger partial charge in [0, 0.05) is 25.2 Å². The molecule has 1 unspecified atom stereocenters. The summed E-state index contributed by atoms with van der Waals surface area (Å²) in [7, 11) is 0. The number of anilines is 1. The first-order valence-corrected chi connectivity index (χ1v) is 8.31. The average Bonchev–Trinajstić information content (AvgIpc) is 3.11. The molecule has 1 aliphatic heterocycles. The van der Waals surface area contributed by atoms with Gasteiger partial charge in [-0.3, -0.25) is 0 Å². The fourth-order valence-electron chi connectivity index (χ4n) is 3.23. The number of rotatable bonds is 5. The molecule has 2 fully saturated rings. The van der Waals surface area contributed by atoms with Gasteiger partial charge in [0.15, 0.2) is 0 Å². The molecule has 0 bridgehead atoms. The molecule has 3 rings (SSSR count). The van der Waals surface area contributed by atoms with E-state index in [2.05, 4.69) is 42.3 Å². The molecule has 2 nitrogen and oxygen atoms in total. The van der Waals surface area contributed by atoms with Crippen LogP contribution in [0.3, 0.4) is 0 Å². The monoisotopic (exact) mass is 292 g/mol. The molecule has 1 saturated heterocycles. The Morgan fingerprint density at radius 3 is 2.75 bits per heavy atom. The third-order valence-electron chi connectivity index (χ3n) is 4.56. The molecule has 1 aromatic rings. The van der Waals surface area contributed by atoms with Crippen molar-refractivity contribution in [2.45, 2.75) is 58.2 Å². The molecule has 1 aliphatic carbocycles. The second-order valence-electron chi connectivity index (χ2n) is 6.59. The second-order valence-corrected chi connectivity index (χ2v) is 7.00. The lowest BCUT2D eigenvalue weighted by molar-refractivity contribution is 0.492. The number of hydrogen-bond donors (Lipinski definition) is 1. The third-order valence-corrected chi connectivity index (χ3v) is 4.87. The third kappa shape index (κ3) is 3.12. The summed E-state index contributed by atoms with van der Waals surface area (Å²) in [5.74, 6) is 0.685. The van der Waals surface area contributed by atoms with Crippen LogP contribution in [-0.2, 0) is 6.54 Å². The maximum absolute atomic E-state index is 6.54. The van der Waals surface area contributed by atoms with Crippen LogP contribution in [0.5, 0.6) is 0 Å². The van der Waals surface area contributed by atoms with Crippen LogP contribution in [0.4, 0.5) is 5.69 Å². The van der Waals surface area contributed by atoms with Crippen molar-refractivity contribution in [3.63, 3.8) is 0 Å². The van der Waals surface area contributed by atoms with Crippen molar-refractivity contribution >= 4 is 17.3 Å². The van der Waals surface area contributed by atoms with Gasteiger partial charge in [-0.15, -0.1) is 0 Å². The van der Waals surface area contributed by atoms with Crippen molar-refractivity contribution in [3.8, 4) is 0 Å². The number of nitrogens with zero attached hydrogens (tertiary/aromatic N) is 1. The molecule has 1 saturated carbocycles. The molecule has 0 spiro atoms. The van der Waals surface area contributed by atoms with Crippen LogP contribution < -0.4 is 10.2 Å². The highest BCUT2D eigenvalue weighted by atomic mass is 35.5. The average molecular weight is 293 g/mol. The van der Waals surface area contributed by atoms with Gasteiger partial charge in [0.25, 0.3) is 0 Å². The highest BCUT2D eigenvalue weighted by Gasteiger charge is 2.28. The highest BCUT2D eigenvalue weighted by molar-refractivity contribution is 6.33. The van der Waals surface area contributed by atoms with Crippen LogP contribution in [0.1, 0.15) is 45.1 Å². The van der Waals surface area contributed by atoms with E-state index >= 15 is 0 Å². The van der Waals surface area contributed by atoms with Crippen molar-refractivity contribution in [1.29, 1.82) is 0 Å². The Labute approximate surface area is 127 Å². The summed E-state index contributed by atoms with van der Waals surface area (Å²) in [6.07, 6.45) is 5.23. The number of nitrogens with one attached hydrogen (secondary N) is 1. The first kappa shape index (κ1) is 14.2. The van der Waals surface area contributed by atoms with Gasteiger partial charge in [-0.1, -0.05) is 31.5 Å². The molecule has 110 valence electrons. The van der Waals surface area contributed by atoms with E-state index in [0.29, 0.717) is 12.0 Å². The Morgan fingerprint density at radius 2 is 2.10 bits per heavy atom. The van der Waals surface area contributed by atoms with Gasteiger partial charge in [0.2, 0.25) is 0 Å². The molecule has 0 radical (unpaired) electrons. The van der Waals surface area contributed by atoms with E-state index in [-0.39, 0.29) is 0 Å². The van der Waals surface area contributed by atoms with E-state index in [9.17, 15) is 0 Å². The zero-order valence-electron chi connectivity index (χ0n) is 12.5. The van der Waals surface area contributed by atoms with Crippen molar-refractivity contribution in [2.24, 2.45) is 5.92 Å². The lowest BCUT2D eigenvalue weighted by atomic mass is 10.0. The molecule has 1 N–H and O–H groups in total. The quantitative estimate of drug-likeness (QED) is 0.874. The van der Waals surface area contributed by atoms with Crippen LogP contribution in [0.25, 0.3) is 0 Å². The lowest BCUT2D eigenvalue weighted by Crippen LogP contribution is -2.33. The smallest absolute Gasteiger partial charge is 0.0642 e. The highest BCUT2D eigenvalue weighted by Crippen LogP contribution is 2.35. The summed E-state index contributed by atoms with van der Waals surface area (Å²) in [6.45, 7) is 6.70. The Hall–Kier alpha value is -0.730. The molecule has 3 heteroatoms. The van der Waals surface area contributed by atoms with Crippen molar-refractivity contribution in [3.05, 3.63) is 28.8 Å². The van der Waals surface area contributed by atoms with Crippen molar-refractivity contribution in [2.75, 3.05) is 11.4 Å². The Bertz CT molecular complexity index is 468. The lowest BCUT2D eigenvalue weighted by Gasteiger charge is -2.30. The van der Waals surface area contributed by atoms with Gasteiger partial charge in [-0.05, 0) is 49.3 Å². The Morgan fingerprint density at radius 1 is 1.30 bits per heavy atom. The molecule has 0 aromatic heterocycles. The van der Waals surface area contributed by atoms with Gasteiger partial charge in [0.1, 0.15) is 0 Å². The Kier molecular flexibility index (Phi) is 4.23. The van der Waals surface area contributed by atoms with Gasteiger partial charge < -0.3 is 10.2 Å². The molecular weight excluding hydrogens is 268 g/mol.